The van der Waals surface area contributed by atoms with E-state index < -0.39 is 5.91 Å². The third-order valence-electron chi connectivity index (χ3n) is 4.08. The molecule has 0 atom stereocenters. The van der Waals surface area contributed by atoms with Crippen molar-refractivity contribution in [2.24, 2.45) is 0 Å². The quantitative estimate of drug-likeness (QED) is 0.514. The second kappa shape index (κ2) is 7.61. The lowest BCUT2D eigenvalue weighted by molar-refractivity contribution is -0.116. The average molecular weight is 396 g/mol. The number of aromatic amines is 1. The number of ether oxygens (including phenoxy) is 1. The maximum absolute atomic E-state index is 12.3. The average Bonchev–Trinajstić information content (AvgIpc) is 3.34. The Kier molecular flexibility index (Phi) is 4.85. The highest BCUT2D eigenvalue weighted by atomic mass is 32.1. The maximum Gasteiger partial charge on any atom is 0.262 e. The van der Waals surface area contributed by atoms with E-state index in [2.05, 4.69) is 25.5 Å². The number of nitrogens with zero attached hydrogens (tertiary/aromatic N) is 4. The lowest BCUT2D eigenvalue weighted by atomic mass is 10.1. The van der Waals surface area contributed by atoms with E-state index in [1.165, 1.54) is 22.2 Å². The van der Waals surface area contributed by atoms with Gasteiger partial charge in [-0.25, -0.2) is 4.98 Å². The number of hydrogen-bond acceptors (Lipinski definition) is 7. The van der Waals surface area contributed by atoms with Gasteiger partial charge in [-0.1, -0.05) is 12.1 Å². The number of benzene rings is 1. The van der Waals surface area contributed by atoms with Crippen LogP contribution >= 0.6 is 11.3 Å². The van der Waals surface area contributed by atoms with Crippen molar-refractivity contribution >= 4 is 33.4 Å². The molecule has 0 fully saturated rings. The Hall–Kier alpha value is -3.53. The van der Waals surface area contributed by atoms with Crippen LogP contribution in [0.4, 0.5) is 5.95 Å². The summed E-state index contributed by atoms with van der Waals surface area (Å²) in [5, 5.41) is 11.7. The van der Waals surface area contributed by atoms with Crippen LogP contribution in [-0.2, 0) is 17.8 Å². The third kappa shape index (κ3) is 3.76. The molecule has 0 aliphatic carbocycles. The van der Waals surface area contributed by atoms with Crippen molar-refractivity contribution in [1.29, 1.82) is 0 Å². The number of carbonyl (C=O) groups excluding carboxylic acids is 1. The predicted octanol–water partition coefficient (Wildman–Crippen LogP) is 1.81. The summed E-state index contributed by atoms with van der Waals surface area (Å²) in [6.07, 6.45) is 1.90. The van der Waals surface area contributed by atoms with Gasteiger partial charge in [0.2, 0.25) is 11.9 Å². The number of amides is 1. The Labute approximate surface area is 163 Å². The highest BCUT2D eigenvalue weighted by Crippen LogP contribution is 2.14. The van der Waals surface area contributed by atoms with Crippen LogP contribution in [0.25, 0.3) is 10.2 Å². The van der Waals surface area contributed by atoms with Gasteiger partial charge in [0.15, 0.2) is 0 Å². The molecule has 10 heteroatoms. The van der Waals surface area contributed by atoms with Crippen LogP contribution in [0.2, 0.25) is 0 Å². The van der Waals surface area contributed by atoms with Gasteiger partial charge in [0, 0.05) is 6.42 Å². The van der Waals surface area contributed by atoms with Crippen molar-refractivity contribution < 1.29 is 9.53 Å². The molecule has 0 bridgehead atoms. The summed E-state index contributed by atoms with van der Waals surface area (Å²) >= 11 is 1.38. The van der Waals surface area contributed by atoms with E-state index in [4.69, 9.17) is 4.74 Å². The summed E-state index contributed by atoms with van der Waals surface area (Å²) in [6, 6.07) is 9.29. The summed E-state index contributed by atoms with van der Waals surface area (Å²) in [7, 11) is 1.61. The second-order valence-corrected chi connectivity index (χ2v) is 6.89. The first-order chi connectivity index (χ1) is 13.6. The molecule has 0 saturated heterocycles. The molecule has 1 aromatic carbocycles. The van der Waals surface area contributed by atoms with Gasteiger partial charge in [-0.15, -0.1) is 16.4 Å². The molecule has 3 aromatic heterocycles. The molecule has 0 unspecified atom stereocenters. The molecule has 142 valence electrons. The molecule has 9 nitrogen and oxygen atoms in total. The Morgan fingerprint density at radius 1 is 1.29 bits per heavy atom. The number of rotatable bonds is 6. The second-order valence-electron chi connectivity index (χ2n) is 6.00. The molecule has 0 saturated carbocycles. The number of aromatic nitrogens is 5. The van der Waals surface area contributed by atoms with Gasteiger partial charge < -0.3 is 4.74 Å². The number of hydrogen-bond donors (Lipinski definition) is 2. The van der Waals surface area contributed by atoms with Crippen LogP contribution < -0.4 is 15.6 Å². The first kappa shape index (κ1) is 17.9. The number of thiophene rings is 1. The van der Waals surface area contributed by atoms with Gasteiger partial charge in [-0.05, 0) is 29.1 Å². The Morgan fingerprint density at radius 3 is 2.89 bits per heavy atom. The van der Waals surface area contributed by atoms with Crippen molar-refractivity contribution in [3.05, 3.63) is 63.8 Å². The molecule has 0 radical (unpaired) electrons. The van der Waals surface area contributed by atoms with Crippen LogP contribution in [0.5, 0.6) is 5.75 Å². The molecule has 1 amide bonds. The van der Waals surface area contributed by atoms with Gasteiger partial charge in [-0.3, -0.25) is 24.6 Å². The Bertz CT molecular complexity index is 1180. The molecule has 2 N–H and O–H groups in total. The molecule has 28 heavy (non-hydrogen) atoms. The fraction of sp³-hybridized carbons (Fsp3) is 0.167. The molecule has 0 aliphatic rings. The lowest BCUT2D eigenvalue weighted by Crippen LogP contribution is -2.27. The van der Waals surface area contributed by atoms with E-state index in [1.54, 1.807) is 18.6 Å². The highest BCUT2D eigenvalue weighted by molar-refractivity contribution is 7.16. The maximum atomic E-state index is 12.3. The molecule has 4 rings (SSSR count). The van der Waals surface area contributed by atoms with Gasteiger partial charge in [0.1, 0.15) is 22.9 Å². The summed E-state index contributed by atoms with van der Waals surface area (Å²) in [5.41, 5.74) is 0.771. The molecular weight excluding hydrogens is 380 g/mol. The lowest BCUT2D eigenvalue weighted by Gasteiger charge is -2.04. The molecular formula is C18H16N6O3S. The minimum absolute atomic E-state index is 0.158. The fourth-order valence-corrected chi connectivity index (χ4v) is 3.42. The van der Waals surface area contributed by atoms with Crippen molar-refractivity contribution in [1.82, 2.24) is 24.7 Å². The zero-order chi connectivity index (χ0) is 19.5. The molecule has 0 spiro atoms. The van der Waals surface area contributed by atoms with E-state index in [1.807, 2.05) is 24.3 Å². The minimum atomic E-state index is -0.409. The SMILES string of the molecule is COc1ccc(Cc2nc(NC(=O)Cn3cnc4sccc4c3=O)n[nH]2)cc1. The molecule has 4 aromatic rings. The number of carbonyl (C=O) groups is 1. The highest BCUT2D eigenvalue weighted by Gasteiger charge is 2.12. The van der Waals surface area contributed by atoms with E-state index in [9.17, 15) is 9.59 Å². The van der Waals surface area contributed by atoms with Gasteiger partial charge in [0.25, 0.3) is 5.56 Å². The van der Waals surface area contributed by atoms with E-state index in [0.29, 0.717) is 22.5 Å². The van der Waals surface area contributed by atoms with Crippen molar-refractivity contribution in [3.8, 4) is 5.75 Å². The summed E-state index contributed by atoms with van der Waals surface area (Å²) in [6.45, 7) is -0.167. The number of anilines is 1. The standard InChI is InChI=1S/C18H16N6O3S/c1-27-12-4-2-11(3-5-12)8-14-20-18(23-22-14)21-15(25)9-24-10-19-16-13(17(24)26)6-7-28-16/h2-7,10H,8-9H2,1H3,(H2,20,21,22,23,25). The minimum Gasteiger partial charge on any atom is -0.497 e. The van der Waals surface area contributed by atoms with Crippen LogP contribution in [-0.4, -0.2) is 37.7 Å². The normalized spacial score (nSPS) is 10.9. The van der Waals surface area contributed by atoms with Gasteiger partial charge in [0.05, 0.1) is 18.8 Å². The topological polar surface area (TPSA) is 115 Å². The van der Waals surface area contributed by atoms with Crippen molar-refractivity contribution in [3.63, 3.8) is 0 Å². The number of fused-ring (bicyclic) bond motifs is 1. The van der Waals surface area contributed by atoms with Crippen molar-refractivity contribution in [2.75, 3.05) is 12.4 Å². The number of H-pyrrole nitrogens is 1. The fourth-order valence-electron chi connectivity index (χ4n) is 2.69. The first-order valence-corrected chi connectivity index (χ1v) is 9.27. The Balaban J connectivity index is 1.40. The van der Waals surface area contributed by atoms with Crippen LogP contribution in [0.1, 0.15) is 11.4 Å². The third-order valence-corrected chi connectivity index (χ3v) is 4.90. The van der Waals surface area contributed by atoms with Crippen LogP contribution in [0, 0.1) is 0 Å². The smallest absolute Gasteiger partial charge is 0.262 e. The van der Waals surface area contributed by atoms with Crippen LogP contribution in [0.3, 0.4) is 0 Å². The molecule has 0 aliphatic heterocycles. The van der Waals surface area contributed by atoms with E-state index in [-0.39, 0.29) is 18.1 Å². The summed E-state index contributed by atoms with van der Waals surface area (Å²) in [4.78, 5) is 33.7. The van der Waals surface area contributed by atoms with Gasteiger partial charge >= 0.3 is 0 Å². The molecule has 3 heterocycles. The van der Waals surface area contributed by atoms with E-state index >= 15 is 0 Å². The number of nitrogens with one attached hydrogen (secondary N) is 2. The number of methoxy groups -OCH3 is 1. The predicted molar refractivity (Wildman–Crippen MR) is 105 cm³/mol. The van der Waals surface area contributed by atoms with Gasteiger partial charge in [-0.2, -0.15) is 4.98 Å². The van der Waals surface area contributed by atoms with Crippen molar-refractivity contribution in [2.45, 2.75) is 13.0 Å². The van der Waals surface area contributed by atoms with Crippen LogP contribution in [0.15, 0.2) is 46.8 Å². The zero-order valence-electron chi connectivity index (χ0n) is 14.9. The summed E-state index contributed by atoms with van der Waals surface area (Å²) in [5.74, 6) is 1.14. The first-order valence-electron chi connectivity index (χ1n) is 8.39. The monoisotopic (exact) mass is 396 g/mol. The largest absolute Gasteiger partial charge is 0.497 e. The zero-order valence-corrected chi connectivity index (χ0v) is 15.7. The summed E-state index contributed by atoms with van der Waals surface area (Å²) < 4.78 is 6.39. The van der Waals surface area contributed by atoms with E-state index in [0.717, 1.165) is 11.3 Å². The Morgan fingerprint density at radius 2 is 2.11 bits per heavy atom.